The highest BCUT2D eigenvalue weighted by Gasteiger charge is 2.36. The molecule has 1 heteroatoms. The first-order valence-corrected chi connectivity index (χ1v) is 4.71. The van der Waals surface area contributed by atoms with Crippen LogP contribution in [0.15, 0.2) is 24.3 Å². The highest BCUT2D eigenvalue weighted by Crippen LogP contribution is 2.39. The second-order valence-electron chi connectivity index (χ2n) is 3.78. The summed E-state index contributed by atoms with van der Waals surface area (Å²) >= 11 is 0. The number of carbonyl (C=O) groups excluding carboxylic acids is 1. The van der Waals surface area contributed by atoms with Crippen molar-refractivity contribution in [1.29, 1.82) is 0 Å². The molecule has 0 aromatic carbocycles. The minimum absolute atomic E-state index is 0.0903. The summed E-state index contributed by atoms with van der Waals surface area (Å²) in [6.07, 6.45) is 13.4. The summed E-state index contributed by atoms with van der Waals surface area (Å²) in [6.45, 7) is 0. The van der Waals surface area contributed by atoms with Crippen LogP contribution in [0.25, 0.3) is 0 Å². The zero-order valence-corrected chi connectivity index (χ0v) is 7.25. The summed E-state index contributed by atoms with van der Waals surface area (Å²) in [4.78, 5) is 11.7. The van der Waals surface area contributed by atoms with Gasteiger partial charge in [0.05, 0.1) is 5.41 Å². The normalized spacial score (nSPS) is 34.5. The molecular weight excluding hydrogens is 148 g/mol. The summed E-state index contributed by atoms with van der Waals surface area (Å²) in [7, 11) is 0. The lowest BCUT2D eigenvalue weighted by molar-refractivity contribution is -0.128. The van der Waals surface area contributed by atoms with Crippen molar-refractivity contribution in [2.24, 2.45) is 5.41 Å². The van der Waals surface area contributed by atoms with Crippen molar-refractivity contribution in [3.63, 3.8) is 0 Å². The monoisotopic (exact) mass is 162 g/mol. The smallest absolute Gasteiger partial charge is 0.143 e. The van der Waals surface area contributed by atoms with Crippen LogP contribution in [0.4, 0.5) is 0 Å². The fourth-order valence-electron chi connectivity index (χ4n) is 2.17. The standard InChI is InChI=1S/C11H14O/c12-10-6-2-5-9-11(10)7-3-1-4-8-11/h1,3-4,7H,2,5-6,8-9H2. The first kappa shape index (κ1) is 7.78. The molecule has 1 unspecified atom stereocenters. The number of rotatable bonds is 0. The van der Waals surface area contributed by atoms with Crippen LogP contribution in [0.3, 0.4) is 0 Å². The lowest BCUT2D eigenvalue weighted by Gasteiger charge is -2.33. The van der Waals surface area contributed by atoms with Gasteiger partial charge in [-0.05, 0) is 19.3 Å². The molecule has 1 spiro atoms. The predicted molar refractivity (Wildman–Crippen MR) is 48.8 cm³/mol. The van der Waals surface area contributed by atoms with Gasteiger partial charge in [-0.2, -0.15) is 0 Å². The van der Waals surface area contributed by atoms with E-state index in [1.165, 1.54) is 6.42 Å². The number of carbonyl (C=O) groups is 1. The topological polar surface area (TPSA) is 17.1 Å². The Morgan fingerprint density at radius 1 is 1.25 bits per heavy atom. The molecule has 0 aromatic heterocycles. The van der Waals surface area contributed by atoms with Gasteiger partial charge in [-0.25, -0.2) is 0 Å². The van der Waals surface area contributed by atoms with E-state index in [0.29, 0.717) is 5.78 Å². The first-order valence-electron chi connectivity index (χ1n) is 4.71. The van der Waals surface area contributed by atoms with Crippen LogP contribution >= 0.6 is 0 Å². The Balaban J connectivity index is 2.23. The molecular formula is C11H14O. The third-order valence-electron chi connectivity index (χ3n) is 2.98. The van der Waals surface area contributed by atoms with Crippen LogP contribution < -0.4 is 0 Å². The molecule has 0 amide bonds. The Kier molecular flexibility index (Phi) is 1.87. The summed E-state index contributed by atoms with van der Waals surface area (Å²) in [6, 6.07) is 0. The molecule has 2 aliphatic carbocycles. The third-order valence-corrected chi connectivity index (χ3v) is 2.98. The molecule has 12 heavy (non-hydrogen) atoms. The molecule has 0 heterocycles. The SMILES string of the molecule is O=C1CCCCC12C=CC=CC2. The minimum Gasteiger partial charge on any atom is -0.299 e. The maximum Gasteiger partial charge on any atom is 0.143 e. The Labute approximate surface area is 73.2 Å². The van der Waals surface area contributed by atoms with Crippen molar-refractivity contribution < 1.29 is 4.79 Å². The number of ketones is 1. The van der Waals surface area contributed by atoms with E-state index in [-0.39, 0.29) is 5.41 Å². The van der Waals surface area contributed by atoms with Crippen LogP contribution in [-0.2, 0) is 4.79 Å². The van der Waals surface area contributed by atoms with E-state index in [0.717, 1.165) is 25.7 Å². The molecule has 0 bridgehead atoms. The number of Topliss-reactive ketones (excluding diaryl/α,β-unsaturated/α-hetero) is 1. The second kappa shape index (κ2) is 2.89. The van der Waals surface area contributed by atoms with Gasteiger partial charge in [0.25, 0.3) is 0 Å². The molecule has 0 radical (unpaired) electrons. The van der Waals surface area contributed by atoms with Crippen LogP contribution in [-0.4, -0.2) is 5.78 Å². The quantitative estimate of drug-likeness (QED) is 0.535. The third kappa shape index (κ3) is 1.13. The summed E-state index contributed by atoms with van der Waals surface area (Å²) in [5, 5.41) is 0. The summed E-state index contributed by atoms with van der Waals surface area (Å²) in [5.41, 5.74) is -0.0903. The Hall–Kier alpha value is -0.850. The molecule has 64 valence electrons. The van der Waals surface area contributed by atoms with Crippen LogP contribution in [0, 0.1) is 5.41 Å². The van der Waals surface area contributed by atoms with Crippen molar-refractivity contribution in [2.45, 2.75) is 32.1 Å². The summed E-state index contributed by atoms with van der Waals surface area (Å²) < 4.78 is 0. The second-order valence-corrected chi connectivity index (χ2v) is 3.78. The Bertz CT molecular complexity index is 250. The van der Waals surface area contributed by atoms with E-state index >= 15 is 0 Å². The van der Waals surface area contributed by atoms with Crippen molar-refractivity contribution in [3.05, 3.63) is 24.3 Å². The van der Waals surface area contributed by atoms with Gasteiger partial charge >= 0.3 is 0 Å². The summed E-state index contributed by atoms with van der Waals surface area (Å²) in [5.74, 6) is 0.453. The van der Waals surface area contributed by atoms with Gasteiger partial charge in [0.2, 0.25) is 0 Å². The van der Waals surface area contributed by atoms with E-state index in [9.17, 15) is 4.79 Å². The molecule has 1 saturated carbocycles. The van der Waals surface area contributed by atoms with Crippen LogP contribution in [0.2, 0.25) is 0 Å². The lowest BCUT2D eigenvalue weighted by atomic mass is 9.69. The van der Waals surface area contributed by atoms with E-state index in [1.54, 1.807) is 0 Å². The van der Waals surface area contributed by atoms with Crippen molar-refractivity contribution in [1.82, 2.24) is 0 Å². The zero-order valence-electron chi connectivity index (χ0n) is 7.25. The van der Waals surface area contributed by atoms with Crippen LogP contribution in [0.5, 0.6) is 0 Å². The molecule has 1 atom stereocenters. The molecule has 0 N–H and O–H groups in total. The zero-order chi connectivity index (χ0) is 8.44. The number of hydrogen-bond acceptors (Lipinski definition) is 1. The van der Waals surface area contributed by atoms with E-state index in [1.807, 2.05) is 12.2 Å². The predicted octanol–water partition coefficient (Wildman–Crippen LogP) is 2.63. The van der Waals surface area contributed by atoms with Gasteiger partial charge in [-0.3, -0.25) is 4.79 Å². The lowest BCUT2D eigenvalue weighted by Crippen LogP contribution is -2.32. The Morgan fingerprint density at radius 2 is 2.17 bits per heavy atom. The molecule has 1 nitrogen and oxygen atoms in total. The average molecular weight is 162 g/mol. The Morgan fingerprint density at radius 3 is 2.83 bits per heavy atom. The number of hydrogen-bond donors (Lipinski definition) is 0. The fraction of sp³-hybridized carbons (Fsp3) is 0.545. The highest BCUT2D eigenvalue weighted by molar-refractivity contribution is 5.87. The van der Waals surface area contributed by atoms with E-state index in [4.69, 9.17) is 0 Å². The maximum absolute atomic E-state index is 11.7. The van der Waals surface area contributed by atoms with Gasteiger partial charge in [-0.15, -0.1) is 0 Å². The minimum atomic E-state index is -0.0903. The largest absolute Gasteiger partial charge is 0.299 e. The molecule has 2 rings (SSSR count). The average Bonchev–Trinajstić information content (AvgIpc) is 2.12. The molecule has 2 aliphatic rings. The van der Waals surface area contributed by atoms with Crippen LogP contribution in [0.1, 0.15) is 32.1 Å². The first-order chi connectivity index (χ1) is 5.83. The highest BCUT2D eigenvalue weighted by atomic mass is 16.1. The number of allylic oxidation sites excluding steroid dienone is 4. The maximum atomic E-state index is 11.7. The van der Waals surface area contributed by atoms with Gasteiger partial charge in [0, 0.05) is 6.42 Å². The molecule has 0 aliphatic heterocycles. The van der Waals surface area contributed by atoms with Gasteiger partial charge in [0.1, 0.15) is 5.78 Å². The molecule has 1 fully saturated rings. The van der Waals surface area contributed by atoms with Crippen molar-refractivity contribution in [2.75, 3.05) is 0 Å². The van der Waals surface area contributed by atoms with Crippen molar-refractivity contribution >= 4 is 5.78 Å². The molecule has 0 saturated heterocycles. The van der Waals surface area contributed by atoms with E-state index in [2.05, 4.69) is 12.2 Å². The van der Waals surface area contributed by atoms with Crippen molar-refractivity contribution in [3.8, 4) is 0 Å². The van der Waals surface area contributed by atoms with Gasteiger partial charge in [0.15, 0.2) is 0 Å². The fourth-order valence-corrected chi connectivity index (χ4v) is 2.17. The molecule has 0 aromatic rings. The van der Waals surface area contributed by atoms with Gasteiger partial charge in [-0.1, -0.05) is 30.7 Å². The van der Waals surface area contributed by atoms with Gasteiger partial charge < -0.3 is 0 Å². The van der Waals surface area contributed by atoms with E-state index < -0.39 is 0 Å².